The Hall–Kier alpha value is -1.47. The summed E-state index contributed by atoms with van der Waals surface area (Å²) in [4.78, 5) is 0. The minimum Gasteiger partial charge on any atom is -0.489 e. The molecule has 2 aromatic rings. The highest BCUT2D eigenvalue weighted by molar-refractivity contribution is 6.21. The summed E-state index contributed by atoms with van der Waals surface area (Å²) < 4.78 is 5.78. The van der Waals surface area contributed by atoms with E-state index >= 15 is 0 Å². The molecule has 2 rings (SSSR count). The molecule has 2 atom stereocenters. The largest absolute Gasteiger partial charge is 0.489 e. The van der Waals surface area contributed by atoms with Crippen LogP contribution in [0.4, 0.5) is 0 Å². The van der Waals surface area contributed by atoms with Gasteiger partial charge >= 0.3 is 0 Å². The fourth-order valence-electron chi connectivity index (χ4n) is 2.17. The zero-order valence-corrected chi connectivity index (χ0v) is 12.8. The van der Waals surface area contributed by atoms with Crippen LogP contribution in [0.15, 0.2) is 54.6 Å². The van der Waals surface area contributed by atoms with Crippen molar-refractivity contribution in [2.24, 2.45) is 0 Å². The average Bonchev–Trinajstić information content (AvgIpc) is 2.53. The van der Waals surface area contributed by atoms with E-state index < -0.39 is 0 Å². The van der Waals surface area contributed by atoms with Gasteiger partial charge in [-0.05, 0) is 35.6 Å². The summed E-state index contributed by atoms with van der Waals surface area (Å²) in [5.41, 5.74) is 2.44. The van der Waals surface area contributed by atoms with Gasteiger partial charge in [0.25, 0.3) is 0 Å². The quantitative estimate of drug-likeness (QED) is 0.648. The molecule has 2 heteroatoms. The van der Waals surface area contributed by atoms with Crippen LogP contribution < -0.4 is 4.74 Å². The van der Waals surface area contributed by atoms with Crippen LogP contribution in [-0.2, 0) is 6.61 Å². The number of hydrogen-bond donors (Lipinski definition) is 0. The predicted octanol–water partition coefficient (Wildman–Crippen LogP) is 5.39. The molecule has 2 unspecified atom stereocenters. The van der Waals surface area contributed by atoms with Gasteiger partial charge in [-0.15, -0.1) is 11.6 Å². The zero-order chi connectivity index (χ0) is 14.4. The van der Waals surface area contributed by atoms with E-state index in [4.69, 9.17) is 16.3 Å². The highest BCUT2D eigenvalue weighted by atomic mass is 35.5. The fourth-order valence-corrected chi connectivity index (χ4v) is 2.32. The Morgan fingerprint density at radius 2 is 1.65 bits per heavy atom. The Labute approximate surface area is 126 Å². The molecule has 0 heterocycles. The maximum atomic E-state index is 6.30. The second-order valence-electron chi connectivity index (χ2n) is 5.06. The smallest absolute Gasteiger partial charge is 0.119 e. The normalized spacial score (nSPS) is 13.8. The zero-order valence-electron chi connectivity index (χ0n) is 12.1. The molecule has 20 heavy (non-hydrogen) atoms. The minimum absolute atomic E-state index is 0.186. The number of benzene rings is 2. The van der Waals surface area contributed by atoms with Crippen LogP contribution in [-0.4, -0.2) is 5.38 Å². The van der Waals surface area contributed by atoms with Crippen molar-refractivity contribution in [3.05, 3.63) is 65.7 Å². The van der Waals surface area contributed by atoms with E-state index in [9.17, 15) is 0 Å². The summed E-state index contributed by atoms with van der Waals surface area (Å²) in [5.74, 6) is 1.26. The van der Waals surface area contributed by atoms with E-state index in [1.165, 1.54) is 11.1 Å². The number of halogens is 1. The second-order valence-corrected chi connectivity index (χ2v) is 5.62. The van der Waals surface area contributed by atoms with Crippen molar-refractivity contribution in [3.8, 4) is 5.75 Å². The van der Waals surface area contributed by atoms with Gasteiger partial charge in [0.15, 0.2) is 0 Å². The Bertz CT molecular complexity index is 507. The number of hydrogen-bond acceptors (Lipinski definition) is 1. The second kappa shape index (κ2) is 7.35. The summed E-state index contributed by atoms with van der Waals surface area (Å²) in [6.07, 6.45) is 0.981. The van der Waals surface area contributed by atoms with Gasteiger partial charge in [0.05, 0.1) is 0 Å². The lowest BCUT2D eigenvalue weighted by Gasteiger charge is -2.17. The molecular weight excluding hydrogens is 268 g/mol. The van der Waals surface area contributed by atoms with Crippen LogP contribution in [0.3, 0.4) is 0 Å². The molecule has 0 aliphatic carbocycles. The number of rotatable bonds is 6. The van der Waals surface area contributed by atoms with Crippen molar-refractivity contribution in [3.63, 3.8) is 0 Å². The van der Waals surface area contributed by atoms with E-state index in [1.54, 1.807) is 0 Å². The molecular formula is C18H21ClO. The van der Waals surface area contributed by atoms with Crippen LogP contribution in [0, 0.1) is 0 Å². The average molecular weight is 289 g/mol. The molecule has 2 aromatic carbocycles. The summed E-state index contributed by atoms with van der Waals surface area (Å²) in [5, 5.41) is 0.186. The molecule has 0 amide bonds. The molecule has 0 spiro atoms. The third-order valence-corrected chi connectivity index (χ3v) is 4.27. The number of ether oxygens (including phenoxy) is 1. The molecule has 0 aliphatic heterocycles. The number of alkyl halides is 1. The van der Waals surface area contributed by atoms with Crippen LogP contribution in [0.1, 0.15) is 37.3 Å². The molecule has 0 bridgehead atoms. The van der Waals surface area contributed by atoms with Gasteiger partial charge in [-0.1, -0.05) is 56.3 Å². The summed E-state index contributed by atoms with van der Waals surface area (Å²) in [6, 6.07) is 18.4. The molecule has 1 nitrogen and oxygen atoms in total. The van der Waals surface area contributed by atoms with Crippen molar-refractivity contribution in [1.29, 1.82) is 0 Å². The molecule has 0 saturated carbocycles. The lowest BCUT2D eigenvalue weighted by atomic mass is 9.96. The van der Waals surface area contributed by atoms with E-state index in [0.717, 1.165) is 12.2 Å². The fraction of sp³-hybridized carbons (Fsp3) is 0.333. The first-order chi connectivity index (χ1) is 9.70. The Morgan fingerprint density at radius 3 is 2.25 bits per heavy atom. The summed E-state index contributed by atoms with van der Waals surface area (Å²) >= 11 is 6.30. The highest BCUT2D eigenvalue weighted by Gasteiger charge is 2.14. The Morgan fingerprint density at radius 1 is 1.00 bits per heavy atom. The van der Waals surface area contributed by atoms with Crippen molar-refractivity contribution in [1.82, 2.24) is 0 Å². The molecule has 0 radical (unpaired) electrons. The van der Waals surface area contributed by atoms with Crippen LogP contribution >= 0.6 is 11.6 Å². The first kappa shape index (κ1) is 14.9. The minimum atomic E-state index is 0.186. The first-order valence-electron chi connectivity index (χ1n) is 7.11. The maximum Gasteiger partial charge on any atom is 0.119 e. The lowest BCUT2D eigenvalue weighted by Crippen LogP contribution is -2.08. The van der Waals surface area contributed by atoms with Gasteiger partial charge < -0.3 is 4.74 Å². The van der Waals surface area contributed by atoms with Gasteiger partial charge in [-0.2, -0.15) is 0 Å². The Balaban J connectivity index is 1.95. The van der Waals surface area contributed by atoms with Crippen molar-refractivity contribution in [2.45, 2.75) is 38.2 Å². The molecule has 0 saturated heterocycles. The van der Waals surface area contributed by atoms with Gasteiger partial charge in [-0.3, -0.25) is 0 Å². The lowest BCUT2D eigenvalue weighted by molar-refractivity contribution is 0.306. The van der Waals surface area contributed by atoms with Gasteiger partial charge in [0.1, 0.15) is 12.4 Å². The highest BCUT2D eigenvalue weighted by Crippen LogP contribution is 2.27. The Kier molecular flexibility index (Phi) is 5.49. The van der Waals surface area contributed by atoms with Gasteiger partial charge in [-0.25, -0.2) is 0 Å². The monoisotopic (exact) mass is 288 g/mol. The molecule has 0 aliphatic rings. The van der Waals surface area contributed by atoms with Crippen LogP contribution in [0.25, 0.3) is 0 Å². The topological polar surface area (TPSA) is 9.23 Å². The molecule has 0 aromatic heterocycles. The first-order valence-corrected chi connectivity index (χ1v) is 7.55. The van der Waals surface area contributed by atoms with Crippen molar-refractivity contribution in [2.75, 3.05) is 0 Å². The van der Waals surface area contributed by atoms with E-state index in [2.05, 4.69) is 38.1 Å². The van der Waals surface area contributed by atoms with Gasteiger partial charge in [0, 0.05) is 5.38 Å². The standard InChI is InChI=1S/C18H21ClO/c1-3-18(19)14(2)16-9-11-17(12-10-16)20-13-15-7-5-4-6-8-15/h4-12,14,18H,3,13H2,1-2H3. The molecule has 0 N–H and O–H groups in total. The summed E-state index contributed by atoms with van der Waals surface area (Å²) in [6.45, 7) is 4.88. The molecule has 0 fully saturated rings. The maximum absolute atomic E-state index is 6.30. The van der Waals surface area contributed by atoms with Crippen LogP contribution in [0.5, 0.6) is 5.75 Å². The third-order valence-electron chi connectivity index (χ3n) is 3.59. The van der Waals surface area contributed by atoms with Crippen LogP contribution in [0.2, 0.25) is 0 Å². The third kappa shape index (κ3) is 4.01. The van der Waals surface area contributed by atoms with E-state index in [-0.39, 0.29) is 5.38 Å². The van der Waals surface area contributed by atoms with Crippen molar-refractivity contribution < 1.29 is 4.74 Å². The van der Waals surface area contributed by atoms with E-state index in [1.807, 2.05) is 30.3 Å². The molecule has 106 valence electrons. The van der Waals surface area contributed by atoms with E-state index in [0.29, 0.717) is 12.5 Å². The summed E-state index contributed by atoms with van der Waals surface area (Å²) in [7, 11) is 0. The SMILES string of the molecule is CCC(Cl)C(C)c1ccc(OCc2ccccc2)cc1. The van der Waals surface area contributed by atoms with Gasteiger partial charge in [0.2, 0.25) is 0 Å². The van der Waals surface area contributed by atoms with Crippen molar-refractivity contribution >= 4 is 11.6 Å². The predicted molar refractivity (Wildman–Crippen MR) is 85.6 cm³/mol.